The van der Waals surface area contributed by atoms with Crippen molar-refractivity contribution < 1.29 is 5.11 Å². The normalized spacial score (nSPS) is 11.1. The van der Waals surface area contributed by atoms with Gasteiger partial charge in [0.05, 0.1) is 0 Å². The topological polar surface area (TPSA) is 66.5 Å². The predicted octanol–water partition coefficient (Wildman–Crippen LogP) is 3.00. The van der Waals surface area contributed by atoms with Crippen LogP contribution in [0.25, 0.3) is 5.70 Å². The highest BCUT2D eigenvalue weighted by Crippen LogP contribution is 2.07. The molecule has 1 aromatic heterocycles. The number of hydrogen-bond donors (Lipinski definition) is 1. The predicted molar refractivity (Wildman–Crippen MR) is 116 cm³/mol. The van der Waals surface area contributed by atoms with Gasteiger partial charge in [-0.2, -0.15) is 5.10 Å². The molecule has 0 aliphatic heterocycles. The lowest BCUT2D eigenvalue weighted by Crippen LogP contribution is -2.29. The van der Waals surface area contributed by atoms with E-state index in [1.54, 1.807) is 12.2 Å². The number of rotatable bonds is 12. The van der Waals surface area contributed by atoms with Gasteiger partial charge in [-0.25, -0.2) is 9.48 Å². The van der Waals surface area contributed by atoms with Crippen molar-refractivity contribution in [2.24, 2.45) is 0 Å². The van der Waals surface area contributed by atoms with Crippen molar-refractivity contribution in [3.05, 3.63) is 84.6 Å². The molecule has 0 fully saturated rings. The molecule has 0 atom stereocenters. The molecule has 0 spiro atoms. The maximum atomic E-state index is 12.2. The van der Waals surface area contributed by atoms with Crippen LogP contribution >= 0.6 is 0 Å². The van der Waals surface area contributed by atoms with Crippen molar-refractivity contribution in [2.75, 3.05) is 27.2 Å². The van der Waals surface area contributed by atoms with Gasteiger partial charge in [0.2, 0.25) is 0 Å². The molecule has 0 aliphatic rings. The van der Waals surface area contributed by atoms with Crippen molar-refractivity contribution in [3.8, 4) is 0 Å². The van der Waals surface area contributed by atoms with Crippen molar-refractivity contribution in [3.63, 3.8) is 0 Å². The fourth-order valence-corrected chi connectivity index (χ4v) is 2.21. The second-order valence-corrected chi connectivity index (χ2v) is 6.48. The number of aliphatic hydroxyl groups excluding tert-OH is 1. The smallest absolute Gasteiger partial charge is 0.350 e. The van der Waals surface area contributed by atoms with E-state index in [0.29, 0.717) is 25.3 Å². The lowest BCUT2D eigenvalue weighted by Gasteiger charge is -2.25. The quantitative estimate of drug-likeness (QED) is 0.443. The second-order valence-electron chi connectivity index (χ2n) is 6.48. The van der Waals surface area contributed by atoms with Crippen LogP contribution in [0.3, 0.4) is 0 Å². The summed E-state index contributed by atoms with van der Waals surface area (Å²) >= 11 is 0. The number of aliphatic hydroxyl groups is 1. The molecule has 1 aromatic rings. The van der Waals surface area contributed by atoms with Crippen LogP contribution in [0.15, 0.2) is 78.9 Å². The molecule has 0 saturated heterocycles. The van der Waals surface area contributed by atoms with Crippen LogP contribution < -0.4 is 5.69 Å². The van der Waals surface area contributed by atoms with E-state index in [9.17, 15) is 4.79 Å². The summed E-state index contributed by atoms with van der Waals surface area (Å²) in [6.07, 6.45) is 9.09. The molecule has 7 heteroatoms. The molecular weight excluding hydrogens is 354 g/mol. The van der Waals surface area contributed by atoms with Crippen molar-refractivity contribution >= 4 is 5.70 Å². The summed E-state index contributed by atoms with van der Waals surface area (Å²) in [5.41, 5.74) is 1.88. The lowest BCUT2D eigenvalue weighted by atomic mass is 10.3. The first-order chi connectivity index (χ1) is 13.2. The van der Waals surface area contributed by atoms with Crippen LogP contribution in [0.5, 0.6) is 0 Å². The average Bonchev–Trinajstić information content (AvgIpc) is 3.02. The number of hydrogen-bond acceptors (Lipinski definition) is 5. The molecule has 0 amide bonds. The number of allylic oxidation sites excluding steroid dienone is 5. The SMILES string of the molecule is C=C(O)/C=C\C(=C)N(C)CCN(C)C(=C)/C=C\C(=C)n1cnn(CCC)c1=O. The highest BCUT2D eigenvalue weighted by atomic mass is 16.3. The molecular formula is C21H31N5O2. The summed E-state index contributed by atoms with van der Waals surface area (Å²) in [5.74, 6) is -0.00949. The van der Waals surface area contributed by atoms with Gasteiger partial charge in [0, 0.05) is 50.8 Å². The summed E-state index contributed by atoms with van der Waals surface area (Å²) in [5, 5.41) is 13.2. The Morgan fingerprint density at radius 1 is 1.07 bits per heavy atom. The van der Waals surface area contributed by atoms with E-state index in [1.807, 2.05) is 36.9 Å². The zero-order chi connectivity index (χ0) is 21.3. The fraction of sp³-hybridized carbons (Fsp3) is 0.333. The van der Waals surface area contributed by atoms with E-state index < -0.39 is 0 Å². The van der Waals surface area contributed by atoms with Crippen LogP contribution in [0, 0.1) is 0 Å². The molecule has 0 bridgehead atoms. The van der Waals surface area contributed by atoms with Crippen LogP contribution in [0.2, 0.25) is 0 Å². The van der Waals surface area contributed by atoms with E-state index in [4.69, 9.17) is 5.11 Å². The van der Waals surface area contributed by atoms with E-state index >= 15 is 0 Å². The van der Waals surface area contributed by atoms with Crippen LogP contribution in [0.1, 0.15) is 13.3 Å². The van der Waals surface area contributed by atoms with Crippen molar-refractivity contribution in [1.82, 2.24) is 24.1 Å². The third-order valence-electron chi connectivity index (χ3n) is 4.17. The minimum Gasteiger partial charge on any atom is -0.509 e. The highest BCUT2D eigenvalue weighted by Gasteiger charge is 2.06. The first-order valence-electron chi connectivity index (χ1n) is 9.05. The number of aromatic nitrogens is 3. The Morgan fingerprint density at radius 3 is 2.11 bits per heavy atom. The third-order valence-corrected chi connectivity index (χ3v) is 4.17. The highest BCUT2D eigenvalue weighted by molar-refractivity contribution is 5.54. The summed E-state index contributed by atoms with van der Waals surface area (Å²) in [6.45, 7) is 19.3. The minimum atomic E-state index is -0.200. The summed E-state index contributed by atoms with van der Waals surface area (Å²) < 4.78 is 2.84. The Balaban J connectivity index is 2.59. The van der Waals surface area contributed by atoms with Gasteiger partial charge < -0.3 is 14.9 Å². The van der Waals surface area contributed by atoms with Gasteiger partial charge in [-0.1, -0.05) is 33.2 Å². The largest absolute Gasteiger partial charge is 0.509 e. The lowest BCUT2D eigenvalue weighted by molar-refractivity contribution is 0.343. The molecule has 1 N–H and O–H groups in total. The first kappa shape index (κ1) is 22.8. The van der Waals surface area contributed by atoms with E-state index in [0.717, 1.165) is 17.8 Å². The second kappa shape index (κ2) is 10.8. The summed E-state index contributed by atoms with van der Waals surface area (Å²) in [7, 11) is 3.85. The number of likely N-dealkylation sites (N-methyl/N-ethyl adjacent to an activating group) is 2. The zero-order valence-electron chi connectivity index (χ0n) is 17.1. The van der Waals surface area contributed by atoms with Gasteiger partial charge in [-0.15, -0.1) is 0 Å². The van der Waals surface area contributed by atoms with Crippen LogP contribution in [-0.4, -0.2) is 56.4 Å². The Bertz CT molecular complexity index is 841. The van der Waals surface area contributed by atoms with Gasteiger partial charge in [-0.05, 0) is 30.7 Å². The minimum absolute atomic E-state index is 0.00949. The standard InChI is InChI=1S/C21H31N5O2/c1-8-13-26-21(28)25(16-22-26)19(4)10-9-17(2)23(6)14-15-24(7)18(3)11-12-20(5)27/h9-12,16,27H,2-5,8,13-15H2,1,6-7H3/b10-9-,12-11-. The Hall–Kier alpha value is -3.22. The van der Waals surface area contributed by atoms with Gasteiger partial charge in [0.15, 0.2) is 0 Å². The van der Waals surface area contributed by atoms with Crippen molar-refractivity contribution in [1.29, 1.82) is 0 Å². The van der Waals surface area contributed by atoms with Gasteiger partial charge >= 0.3 is 5.69 Å². The summed E-state index contributed by atoms with van der Waals surface area (Å²) in [4.78, 5) is 16.2. The zero-order valence-corrected chi connectivity index (χ0v) is 17.1. The van der Waals surface area contributed by atoms with Gasteiger partial charge in [0.25, 0.3) is 0 Å². The Kier molecular flexibility index (Phi) is 8.81. The van der Waals surface area contributed by atoms with Crippen LogP contribution in [-0.2, 0) is 6.54 Å². The number of aryl methyl sites for hydroxylation is 1. The monoisotopic (exact) mass is 385 g/mol. The average molecular weight is 386 g/mol. The Morgan fingerprint density at radius 2 is 1.61 bits per heavy atom. The van der Waals surface area contributed by atoms with Gasteiger partial charge in [-0.3, -0.25) is 4.57 Å². The molecule has 1 heterocycles. The molecule has 0 unspecified atom stereocenters. The molecule has 0 saturated carbocycles. The van der Waals surface area contributed by atoms with E-state index in [1.165, 1.54) is 21.7 Å². The molecule has 28 heavy (non-hydrogen) atoms. The van der Waals surface area contributed by atoms with Gasteiger partial charge in [0.1, 0.15) is 12.1 Å². The Labute approximate surface area is 167 Å². The van der Waals surface area contributed by atoms with E-state index in [-0.39, 0.29) is 11.4 Å². The number of nitrogens with zero attached hydrogens (tertiary/aromatic N) is 5. The van der Waals surface area contributed by atoms with Crippen molar-refractivity contribution in [2.45, 2.75) is 19.9 Å². The maximum Gasteiger partial charge on any atom is 0.350 e. The first-order valence-corrected chi connectivity index (χ1v) is 9.05. The summed E-state index contributed by atoms with van der Waals surface area (Å²) in [6, 6.07) is 0. The third kappa shape index (κ3) is 6.83. The molecule has 152 valence electrons. The molecule has 0 aliphatic carbocycles. The fourth-order valence-electron chi connectivity index (χ4n) is 2.21. The molecule has 7 nitrogen and oxygen atoms in total. The van der Waals surface area contributed by atoms with E-state index in [2.05, 4.69) is 31.4 Å². The molecule has 1 rings (SSSR count). The maximum absolute atomic E-state index is 12.2. The molecule has 0 aromatic carbocycles. The molecule has 0 radical (unpaired) electrons. The van der Waals surface area contributed by atoms with Crippen LogP contribution in [0.4, 0.5) is 0 Å².